The summed E-state index contributed by atoms with van der Waals surface area (Å²) in [5.74, 6) is -0.621. The van der Waals surface area contributed by atoms with Crippen molar-refractivity contribution in [2.24, 2.45) is 5.16 Å². The number of carbonyl (C=O) groups excluding carboxylic acids is 2. The fourth-order valence-corrected chi connectivity index (χ4v) is 3.97. The number of carbonyl (C=O) groups is 2. The molecule has 8 nitrogen and oxygen atoms in total. The number of nitrogens with one attached hydrogen (secondary N) is 1. The monoisotopic (exact) mass is 458 g/mol. The minimum atomic E-state index is -0.844. The molecule has 1 aliphatic rings. The second-order valence-electron chi connectivity index (χ2n) is 7.98. The zero-order valence-corrected chi connectivity index (χ0v) is 18.8. The fraction of sp³-hybridized carbons (Fsp3) is 0.231. The minimum Gasteiger partial charge on any atom is -0.399 e. The summed E-state index contributed by atoms with van der Waals surface area (Å²) in [6.45, 7) is 0.233. The van der Waals surface area contributed by atoms with Gasteiger partial charge in [-0.25, -0.2) is 0 Å². The van der Waals surface area contributed by atoms with Crippen LogP contribution in [-0.4, -0.2) is 58.8 Å². The summed E-state index contributed by atoms with van der Waals surface area (Å²) in [4.78, 5) is 36.7. The Morgan fingerprint density at radius 2 is 1.76 bits per heavy atom. The molecular weight excluding hydrogens is 432 g/mol. The van der Waals surface area contributed by atoms with Crippen LogP contribution in [0, 0.1) is 0 Å². The molecule has 0 radical (unpaired) electrons. The molecule has 2 heterocycles. The maximum Gasteiger partial charge on any atom is 0.254 e. The third-order valence-corrected chi connectivity index (χ3v) is 5.74. The number of pyridine rings is 1. The SMILES string of the molecule is CO/N=C1\C[C@@H](C(=O)NC[C@@H](O)c2ccccc2)N(C(=O)c2ccc(-c3ccncc3)cc2)C1. The highest BCUT2D eigenvalue weighted by atomic mass is 16.6. The van der Waals surface area contributed by atoms with Crippen molar-refractivity contribution in [1.29, 1.82) is 0 Å². The number of hydrogen-bond donors (Lipinski definition) is 2. The number of benzene rings is 2. The lowest BCUT2D eigenvalue weighted by molar-refractivity contribution is -0.125. The third-order valence-electron chi connectivity index (χ3n) is 5.74. The van der Waals surface area contributed by atoms with Gasteiger partial charge >= 0.3 is 0 Å². The highest BCUT2D eigenvalue weighted by Crippen LogP contribution is 2.23. The summed E-state index contributed by atoms with van der Waals surface area (Å²) in [7, 11) is 1.43. The van der Waals surface area contributed by atoms with Gasteiger partial charge in [-0.1, -0.05) is 47.6 Å². The molecule has 0 saturated carbocycles. The van der Waals surface area contributed by atoms with Gasteiger partial charge in [0.2, 0.25) is 5.91 Å². The highest BCUT2D eigenvalue weighted by Gasteiger charge is 2.38. The number of hydrogen-bond acceptors (Lipinski definition) is 6. The van der Waals surface area contributed by atoms with E-state index in [0.29, 0.717) is 16.8 Å². The Bertz CT molecular complexity index is 1150. The van der Waals surface area contributed by atoms with Crippen LogP contribution in [0.3, 0.4) is 0 Å². The van der Waals surface area contributed by atoms with E-state index in [4.69, 9.17) is 4.84 Å². The molecule has 0 spiro atoms. The molecule has 34 heavy (non-hydrogen) atoms. The second kappa shape index (κ2) is 10.7. The van der Waals surface area contributed by atoms with E-state index >= 15 is 0 Å². The molecule has 174 valence electrons. The molecule has 8 heteroatoms. The van der Waals surface area contributed by atoms with Crippen molar-refractivity contribution in [3.05, 3.63) is 90.3 Å². The standard InChI is InChI=1S/C26H26N4O4/c1-34-29-22-15-23(25(32)28-16-24(31)20-5-3-2-4-6-20)30(17-22)26(33)21-9-7-18(8-10-21)19-11-13-27-14-12-19/h2-14,23-24,31H,15-17H2,1H3,(H,28,32)/b29-22+/t23-,24+/m0/s1. The van der Waals surface area contributed by atoms with Crippen molar-refractivity contribution in [3.63, 3.8) is 0 Å². The van der Waals surface area contributed by atoms with Crippen LogP contribution in [0.4, 0.5) is 0 Å². The van der Waals surface area contributed by atoms with E-state index in [1.807, 2.05) is 42.5 Å². The summed E-state index contributed by atoms with van der Waals surface area (Å²) in [5, 5.41) is 17.1. The number of likely N-dealkylation sites (tertiary alicyclic amines) is 1. The Morgan fingerprint density at radius 1 is 1.09 bits per heavy atom. The average molecular weight is 459 g/mol. The Kier molecular flexibility index (Phi) is 7.29. The number of aliphatic hydroxyl groups is 1. The van der Waals surface area contributed by atoms with Crippen LogP contribution in [-0.2, 0) is 9.63 Å². The highest BCUT2D eigenvalue weighted by molar-refractivity contribution is 6.05. The average Bonchev–Trinajstić information content (AvgIpc) is 3.32. The topological polar surface area (TPSA) is 104 Å². The van der Waals surface area contributed by atoms with Crippen molar-refractivity contribution in [1.82, 2.24) is 15.2 Å². The van der Waals surface area contributed by atoms with Crippen molar-refractivity contribution in [2.45, 2.75) is 18.6 Å². The summed E-state index contributed by atoms with van der Waals surface area (Å²) in [6.07, 6.45) is 2.85. The first-order chi connectivity index (χ1) is 16.6. The quantitative estimate of drug-likeness (QED) is 0.530. The third kappa shape index (κ3) is 5.29. The van der Waals surface area contributed by atoms with E-state index in [1.54, 1.807) is 36.7 Å². The van der Waals surface area contributed by atoms with Gasteiger partial charge in [0, 0.05) is 30.9 Å². The van der Waals surface area contributed by atoms with E-state index in [1.165, 1.54) is 12.0 Å². The fourth-order valence-electron chi connectivity index (χ4n) is 3.97. The van der Waals surface area contributed by atoms with Crippen molar-refractivity contribution in [2.75, 3.05) is 20.2 Å². The van der Waals surface area contributed by atoms with Crippen molar-refractivity contribution < 1.29 is 19.5 Å². The largest absolute Gasteiger partial charge is 0.399 e. The molecule has 4 rings (SSSR count). The van der Waals surface area contributed by atoms with Gasteiger partial charge in [-0.15, -0.1) is 0 Å². The van der Waals surface area contributed by atoms with Gasteiger partial charge in [0.25, 0.3) is 5.91 Å². The zero-order chi connectivity index (χ0) is 23.9. The van der Waals surface area contributed by atoms with Gasteiger partial charge in [-0.2, -0.15) is 0 Å². The second-order valence-corrected chi connectivity index (χ2v) is 7.98. The zero-order valence-electron chi connectivity index (χ0n) is 18.8. The van der Waals surface area contributed by atoms with Gasteiger partial charge in [0.15, 0.2) is 0 Å². The first kappa shape index (κ1) is 23.1. The molecule has 2 amide bonds. The number of oxime groups is 1. The Morgan fingerprint density at radius 3 is 2.44 bits per heavy atom. The molecule has 3 aromatic rings. The molecule has 1 fully saturated rings. The lowest BCUT2D eigenvalue weighted by atomic mass is 10.0. The van der Waals surface area contributed by atoms with Crippen LogP contribution in [0.5, 0.6) is 0 Å². The molecule has 2 aromatic carbocycles. The smallest absolute Gasteiger partial charge is 0.254 e. The van der Waals surface area contributed by atoms with Crippen LogP contribution in [0.25, 0.3) is 11.1 Å². The lowest BCUT2D eigenvalue weighted by Gasteiger charge is -2.24. The molecular formula is C26H26N4O4. The molecule has 1 aromatic heterocycles. The summed E-state index contributed by atoms with van der Waals surface area (Å²) < 4.78 is 0. The number of nitrogens with zero attached hydrogens (tertiary/aromatic N) is 3. The first-order valence-electron chi connectivity index (χ1n) is 11.0. The van der Waals surface area contributed by atoms with E-state index in [2.05, 4.69) is 15.5 Å². The molecule has 2 N–H and O–H groups in total. The van der Waals surface area contributed by atoms with E-state index < -0.39 is 12.1 Å². The summed E-state index contributed by atoms with van der Waals surface area (Å²) in [5.41, 5.74) is 3.75. The summed E-state index contributed by atoms with van der Waals surface area (Å²) >= 11 is 0. The van der Waals surface area contributed by atoms with Crippen molar-refractivity contribution in [3.8, 4) is 11.1 Å². The minimum absolute atomic E-state index is 0.0404. The van der Waals surface area contributed by atoms with Gasteiger partial charge in [0.05, 0.1) is 18.4 Å². The van der Waals surface area contributed by atoms with Crippen molar-refractivity contribution >= 4 is 17.5 Å². The van der Waals surface area contributed by atoms with E-state index in [-0.39, 0.29) is 31.3 Å². The van der Waals surface area contributed by atoms with Gasteiger partial charge < -0.3 is 20.2 Å². The normalized spacial score (nSPS) is 17.4. The number of aromatic nitrogens is 1. The molecule has 0 unspecified atom stereocenters. The number of rotatable bonds is 7. The first-order valence-corrected chi connectivity index (χ1v) is 11.0. The van der Waals surface area contributed by atoms with Crippen LogP contribution >= 0.6 is 0 Å². The van der Waals surface area contributed by atoms with E-state index in [0.717, 1.165) is 11.1 Å². The Labute approximate surface area is 197 Å². The van der Waals surface area contributed by atoms with Crippen LogP contribution < -0.4 is 5.32 Å². The van der Waals surface area contributed by atoms with E-state index in [9.17, 15) is 14.7 Å². The van der Waals surface area contributed by atoms with Gasteiger partial charge in [-0.3, -0.25) is 14.6 Å². The summed E-state index contributed by atoms with van der Waals surface area (Å²) in [6, 6.07) is 19.4. The molecule has 2 atom stereocenters. The lowest BCUT2D eigenvalue weighted by Crippen LogP contribution is -2.46. The van der Waals surface area contributed by atoms with Gasteiger partial charge in [-0.05, 0) is 41.0 Å². The van der Waals surface area contributed by atoms with Crippen LogP contribution in [0.15, 0.2) is 84.3 Å². The number of amides is 2. The molecule has 0 aliphatic carbocycles. The maximum atomic E-state index is 13.3. The van der Waals surface area contributed by atoms with Gasteiger partial charge in [0.1, 0.15) is 13.2 Å². The molecule has 0 bridgehead atoms. The predicted octanol–water partition coefficient (Wildman–Crippen LogP) is 2.82. The Balaban J connectivity index is 1.47. The Hall–Kier alpha value is -4.04. The number of aliphatic hydroxyl groups excluding tert-OH is 1. The predicted molar refractivity (Wildman–Crippen MR) is 128 cm³/mol. The van der Waals surface area contributed by atoms with Crippen LogP contribution in [0.2, 0.25) is 0 Å². The molecule has 1 aliphatic heterocycles. The molecule has 1 saturated heterocycles. The maximum absolute atomic E-state index is 13.3. The van der Waals surface area contributed by atoms with Crippen LogP contribution in [0.1, 0.15) is 28.4 Å².